The highest BCUT2D eigenvalue weighted by atomic mass is 32.2. The maximum Gasteiger partial charge on any atom is 0.211 e. The summed E-state index contributed by atoms with van der Waals surface area (Å²) in [6.07, 6.45) is 1.82. The van der Waals surface area contributed by atoms with Crippen LogP contribution in [-0.2, 0) is 16.4 Å². The minimum Gasteiger partial charge on any atom is -0.369 e. The highest BCUT2D eigenvalue weighted by molar-refractivity contribution is 7.88. The van der Waals surface area contributed by atoms with E-state index in [1.165, 1.54) is 22.7 Å². The number of hydrogen-bond acceptors (Lipinski definition) is 4. The molecule has 118 valence electrons. The Hall–Kier alpha value is -1.18. The molecule has 0 saturated carbocycles. The van der Waals surface area contributed by atoms with Crippen LogP contribution in [0.2, 0.25) is 0 Å². The molecule has 1 saturated heterocycles. The Kier molecular flexibility index (Phi) is 4.85. The summed E-state index contributed by atoms with van der Waals surface area (Å²) in [5, 5.41) is 0. The molecule has 1 heterocycles. The molecule has 0 bridgehead atoms. The molecule has 0 amide bonds. The average Bonchev–Trinajstić information content (AvgIpc) is 2.37. The van der Waals surface area contributed by atoms with Crippen molar-refractivity contribution >= 4 is 15.7 Å². The molecule has 1 unspecified atom stereocenters. The molecule has 5 nitrogen and oxygen atoms in total. The van der Waals surface area contributed by atoms with E-state index in [9.17, 15) is 12.8 Å². The summed E-state index contributed by atoms with van der Waals surface area (Å²) in [6, 6.07) is 4.65. The molecule has 2 N–H and O–H groups in total. The van der Waals surface area contributed by atoms with Crippen molar-refractivity contribution in [2.75, 3.05) is 37.3 Å². The van der Waals surface area contributed by atoms with Crippen LogP contribution in [0.25, 0.3) is 0 Å². The summed E-state index contributed by atoms with van der Waals surface area (Å²) in [5.74, 6) is -0.274. The first-order valence-electron chi connectivity index (χ1n) is 7.01. The van der Waals surface area contributed by atoms with Gasteiger partial charge in [0.1, 0.15) is 5.82 Å². The zero-order valence-corrected chi connectivity index (χ0v) is 13.2. The van der Waals surface area contributed by atoms with Crippen molar-refractivity contribution in [3.8, 4) is 0 Å². The van der Waals surface area contributed by atoms with Crippen molar-refractivity contribution < 1.29 is 12.8 Å². The van der Waals surface area contributed by atoms with Crippen molar-refractivity contribution in [3.05, 3.63) is 29.6 Å². The Morgan fingerprint density at radius 2 is 1.90 bits per heavy atom. The zero-order valence-electron chi connectivity index (χ0n) is 12.4. The number of benzene rings is 1. The van der Waals surface area contributed by atoms with Crippen LogP contribution < -0.4 is 10.6 Å². The van der Waals surface area contributed by atoms with Crippen molar-refractivity contribution in [1.29, 1.82) is 0 Å². The number of nitrogens with two attached hydrogens (primary N) is 1. The minimum absolute atomic E-state index is 0.0529. The first-order chi connectivity index (χ1) is 9.77. The van der Waals surface area contributed by atoms with E-state index in [4.69, 9.17) is 5.73 Å². The van der Waals surface area contributed by atoms with E-state index >= 15 is 0 Å². The normalized spacial score (nSPS) is 18.8. The molecule has 1 atom stereocenters. The van der Waals surface area contributed by atoms with Crippen molar-refractivity contribution in [2.45, 2.75) is 19.4 Å². The SMILES string of the molecule is CC(N)Cc1cc(F)ccc1N1CCN(S(C)(=O)=O)CC1. The second-order valence-electron chi connectivity index (χ2n) is 5.60. The number of hydrogen-bond donors (Lipinski definition) is 1. The Labute approximate surface area is 125 Å². The molecule has 2 rings (SSSR count). The maximum atomic E-state index is 13.4. The van der Waals surface area contributed by atoms with Gasteiger partial charge in [0.2, 0.25) is 10.0 Å². The first-order valence-corrected chi connectivity index (χ1v) is 8.86. The molecule has 0 aliphatic carbocycles. The van der Waals surface area contributed by atoms with Gasteiger partial charge in [-0.3, -0.25) is 0 Å². The lowest BCUT2D eigenvalue weighted by Crippen LogP contribution is -2.48. The van der Waals surface area contributed by atoms with Crippen molar-refractivity contribution in [3.63, 3.8) is 0 Å². The molecule has 1 aliphatic heterocycles. The van der Waals surface area contributed by atoms with E-state index < -0.39 is 10.0 Å². The van der Waals surface area contributed by atoms with Crippen LogP contribution in [0.1, 0.15) is 12.5 Å². The third-order valence-corrected chi connectivity index (χ3v) is 4.93. The van der Waals surface area contributed by atoms with E-state index in [2.05, 4.69) is 4.90 Å². The monoisotopic (exact) mass is 315 g/mol. The van der Waals surface area contributed by atoms with Gasteiger partial charge >= 0.3 is 0 Å². The first kappa shape index (κ1) is 16.2. The molecule has 1 aromatic rings. The third kappa shape index (κ3) is 4.15. The second kappa shape index (κ2) is 6.29. The van der Waals surface area contributed by atoms with Gasteiger partial charge in [0, 0.05) is 37.9 Å². The Morgan fingerprint density at radius 3 is 2.43 bits per heavy atom. The molecule has 1 aliphatic rings. The smallest absolute Gasteiger partial charge is 0.211 e. The Balaban J connectivity index is 2.16. The van der Waals surface area contributed by atoms with Gasteiger partial charge in [0.05, 0.1) is 6.26 Å². The van der Waals surface area contributed by atoms with Gasteiger partial charge < -0.3 is 10.6 Å². The highest BCUT2D eigenvalue weighted by Gasteiger charge is 2.24. The quantitative estimate of drug-likeness (QED) is 0.892. The van der Waals surface area contributed by atoms with E-state index in [0.717, 1.165) is 11.3 Å². The second-order valence-corrected chi connectivity index (χ2v) is 7.59. The lowest BCUT2D eigenvalue weighted by atomic mass is 10.0. The van der Waals surface area contributed by atoms with Gasteiger partial charge in [-0.15, -0.1) is 0 Å². The maximum absolute atomic E-state index is 13.4. The molecule has 0 radical (unpaired) electrons. The number of nitrogens with zero attached hydrogens (tertiary/aromatic N) is 2. The lowest BCUT2D eigenvalue weighted by molar-refractivity contribution is 0.387. The molecule has 21 heavy (non-hydrogen) atoms. The van der Waals surface area contributed by atoms with Gasteiger partial charge in [-0.1, -0.05) is 0 Å². The molecular weight excluding hydrogens is 293 g/mol. The van der Waals surface area contributed by atoms with Crippen LogP contribution in [0, 0.1) is 5.82 Å². The van der Waals surface area contributed by atoms with E-state index in [1.54, 1.807) is 6.07 Å². The average molecular weight is 315 g/mol. The number of halogens is 1. The Bertz CT molecular complexity index is 596. The largest absolute Gasteiger partial charge is 0.369 e. The van der Waals surface area contributed by atoms with Crippen LogP contribution in [0.3, 0.4) is 0 Å². The van der Waals surface area contributed by atoms with Gasteiger partial charge in [0.15, 0.2) is 0 Å². The van der Waals surface area contributed by atoms with E-state index in [1.807, 2.05) is 6.92 Å². The summed E-state index contributed by atoms with van der Waals surface area (Å²) in [5.41, 5.74) is 7.64. The number of piperazine rings is 1. The third-order valence-electron chi connectivity index (χ3n) is 3.63. The van der Waals surface area contributed by atoms with Gasteiger partial charge in [-0.2, -0.15) is 4.31 Å². The standard InChI is InChI=1S/C14H22FN3O2S/c1-11(16)9-12-10-13(15)3-4-14(12)17-5-7-18(8-6-17)21(2,19)20/h3-4,10-11H,5-9,16H2,1-2H3. The summed E-state index contributed by atoms with van der Waals surface area (Å²) in [6.45, 7) is 3.99. The van der Waals surface area contributed by atoms with Crippen LogP contribution in [0.4, 0.5) is 10.1 Å². The fraction of sp³-hybridized carbons (Fsp3) is 0.571. The summed E-state index contributed by atoms with van der Waals surface area (Å²) in [4.78, 5) is 2.10. The fourth-order valence-electron chi connectivity index (χ4n) is 2.63. The van der Waals surface area contributed by atoms with Gasteiger partial charge in [-0.25, -0.2) is 12.8 Å². The van der Waals surface area contributed by atoms with Crippen LogP contribution in [0.5, 0.6) is 0 Å². The van der Waals surface area contributed by atoms with Crippen molar-refractivity contribution in [1.82, 2.24) is 4.31 Å². The number of sulfonamides is 1. The van der Waals surface area contributed by atoms with E-state index in [0.29, 0.717) is 32.6 Å². The molecule has 1 aromatic carbocycles. The molecular formula is C14H22FN3O2S. The topological polar surface area (TPSA) is 66.6 Å². The molecule has 1 fully saturated rings. The van der Waals surface area contributed by atoms with E-state index in [-0.39, 0.29) is 11.9 Å². The van der Waals surface area contributed by atoms with Crippen LogP contribution in [-0.4, -0.2) is 51.2 Å². The summed E-state index contributed by atoms with van der Waals surface area (Å²) in [7, 11) is -3.14. The van der Waals surface area contributed by atoms with Crippen LogP contribution >= 0.6 is 0 Å². The van der Waals surface area contributed by atoms with Gasteiger partial charge in [0.25, 0.3) is 0 Å². The number of anilines is 1. The lowest BCUT2D eigenvalue weighted by Gasteiger charge is -2.36. The summed E-state index contributed by atoms with van der Waals surface area (Å²) >= 11 is 0. The predicted molar refractivity (Wildman–Crippen MR) is 82.4 cm³/mol. The minimum atomic E-state index is -3.14. The van der Waals surface area contributed by atoms with Crippen molar-refractivity contribution in [2.24, 2.45) is 5.73 Å². The highest BCUT2D eigenvalue weighted by Crippen LogP contribution is 2.24. The predicted octanol–water partition coefficient (Wildman–Crippen LogP) is 0.797. The zero-order chi connectivity index (χ0) is 15.6. The molecule has 0 aromatic heterocycles. The fourth-order valence-corrected chi connectivity index (χ4v) is 3.46. The van der Waals surface area contributed by atoms with Gasteiger partial charge in [-0.05, 0) is 37.1 Å². The molecule has 0 spiro atoms. The Morgan fingerprint density at radius 1 is 1.29 bits per heavy atom. The summed E-state index contributed by atoms with van der Waals surface area (Å²) < 4.78 is 38.0. The number of rotatable bonds is 4. The molecule has 7 heteroatoms. The van der Waals surface area contributed by atoms with Crippen LogP contribution in [0.15, 0.2) is 18.2 Å².